The fraction of sp³-hybridized carbons (Fsp3) is 0.667. The Morgan fingerprint density at radius 1 is 0.909 bits per heavy atom. The van der Waals surface area contributed by atoms with Crippen LogP contribution in [-0.2, 0) is 4.79 Å². The first-order chi connectivity index (χ1) is 15.9. The van der Waals surface area contributed by atoms with Crippen molar-refractivity contribution in [2.24, 2.45) is 11.5 Å². The maximum Gasteiger partial charge on any atom is 0.204 e. The summed E-state index contributed by atoms with van der Waals surface area (Å²) < 4.78 is 0. The summed E-state index contributed by atoms with van der Waals surface area (Å²) in [7, 11) is 3.78. The van der Waals surface area contributed by atoms with E-state index in [0.29, 0.717) is 0 Å². The van der Waals surface area contributed by atoms with Gasteiger partial charge in [0.05, 0.1) is 0 Å². The number of carbonyl (C=O) groups excluding carboxylic acids is 1. The van der Waals surface area contributed by atoms with Crippen molar-refractivity contribution >= 4 is 28.0 Å². The Kier molecular flexibility index (Phi) is 79.2. The molecule has 6 heteroatoms. The first kappa shape index (κ1) is 45.4. The largest absolute Gasteiger partial charge is 0.391 e. The van der Waals surface area contributed by atoms with Crippen LogP contribution in [0.5, 0.6) is 0 Å². The Morgan fingerprint density at radius 2 is 1.39 bits per heavy atom. The minimum absolute atomic E-state index is 0.250. The van der Waals surface area contributed by atoms with Gasteiger partial charge < -0.3 is 16.8 Å². The fourth-order valence-corrected chi connectivity index (χ4v) is 3.16. The van der Waals surface area contributed by atoms with Gasteiger partial charge in [-0.1, -0.05) is 113 Å². The molecule has 0 rings (SSSR count). The van der Waals surface area contributed by atoms with Crippen LogP contribution in [0.4, 0.5) is 0 Å². The molecule has 0 heterocycles. The van der Waals surface area contributed by atoms with Gasteiger partial charge >= 0.3 is 0 Å². The summed E-state index contributed by atoms with van der Waals surface area (Å²) in [6, 6.07) is 0. The highest BCUT2D eigenvalue weighted by molar-refractivity contribution is 8.76. The SMILES string of the molecule is C=C(C)/C=C\C=C/NCCCC(=C)C.CC.CC.CCCC.CCCSSCCN.NC=O. The lowest BCUT2D eigenvalue weighted by atomic mass is 10.2. The lowest BCUT2D eigenvalue weighted by Crippen LogP contribution is -2.06. The third kappa shape index (κ3) is 102. The lowest BCUT2D eigenvalue weighted by Gasteiger charge is -1.99. The van der Waals surface area contributed by atoms with Crippen LogP contribution in [0.3, 0.4) is 0 Å². The summed E-state index contributed by atoms with van der Waals surface area (Å²) >= 11 is 0. The summed E-state index contributed by atoms with van der Waals surface area (Å²) in [6.45, 7) is 28.0. The topological polar surface area (TPSA) is 81.1 Å². The average molecular weight is 506 g/mol. The summed E-state index contributed by atoms with van der Waals surface area (Å²) in [4.78, 5) is 8.58. The van der Waals surface area contributed by atoms with Gasteiger partial charge in [-0.15, -0.1) is 6.58 Å². The van der Waals surface area contributed by atoms with Crippen molar-refractivity contribution in [3.05, 3.63) is 48.7 Å². The molecule has 33 heavy (non-hydrogen) atoms. The number of hydrogen-bond donors (Lipinski definition) is 3. The molecule has 0 aliphatic heterocycles. The van der Waals surface area contributed by atoms with Crippen LogP contribution >= 0.6 is 21.6 Å². The minimum Gasteiger partial charge on any atom is -0.391 e. The molecule has 0 fully saturated rings. The van der Waals surface area contributed by atoms with E-state index in [-0.39, 0.29) is 6.41 Å². The molecule has 0 aliphatic carbocycles. The molecule has 4 nitrogen and oxygen atoms in total. The molecule has 200 valence electrons. The Balaban J connectivity index is -0.0000000809. The summed E-state index contributed by atoms with van der Waals surface area (Å²) in [5.74, 6) is 2.34. The zero-order chi connectivity index (χ0) is 27.2. The summed E-state index contributed by atoms with van der Waals surface area (Å²) in [6.07, 6.45) is 14.3. The number of carbonyl (C=O) groups is 1. The molecule has 5 N–H and O–H groups in total. The van der Waals surface area contributed by atoms with E-state index in [4.69, 9.17) is 10.5 Å². The molecule has 0 aromatic rings. The fourth-order valence-electron chi connectivity index (χ4n) is 1.17. The number of primary amides is 1. The maximum absolute atomic E-state index is 8.58. The van der Waals surface area contributed by atoms with Crippen LogP contribution in [-0.4, -0.2) is 31.0 Å². The van der Waals surface area contributed by atoms with Crippen LogP contribution in [0.15, 0.2) is 48.7 Å². The lowest BCUT2D eigenvalue weighted by molar-refractivity contribution is -0.106. The first-order valence-corrected chi connectivity index (χ1v) is 14.8. The molecule has 0 spiro atoms. The minimum atomic E-state index is 0.250. The van der Waals surface area contributed by atoms with E-state index in [1.54, 1.807) is 0 Å². The number of amides is 1. The number of allylic oxidation sites excluding steroid dienone is 5. The second kappa shape index (κ2) is 57.6. The van der Waals surface area contributed by atoms with E-state index in [1.807, 2.05) is 80.6 Å². The van der Waals surface area contributed by atoms with Gasteiger partial charge in [0.2, 0.25) is 6.41 Å². The van der Waals surface area contributed by atoms with Crippen molar-refractivity contribution in [3.63, 3.8) is 0 Å². The molecular formula is C27H59N3OS2. The van der Waals surface area contributed by atoms with Crippen LogP contribution in [0.1, 0.15) is 94.4 Å². The van der Waals surface area contributed by atoms with Crippen LogP contribution in [0, 0.1) is 0 Å². The van der Waals surface area contributed by atoms with Crippen molar-refractivity contribution in [1.82, 2.24) is 5.32 Å². The number of unbranched alkanes of at least 4 members (excludes halogenated alkanes) is 1. The monoisotopic (exact) mass is 505 g/mol. The molecular weight excluding hydrogens is 446 g/mol. The first-order valence-electron chi connectivity index (χ1n) is 12.3. The van der Waals surface area contributed by atoms with Crippen molar-refractivity contribution in [1.29, 1.82) is 0 Å². The van der Waals surface area contributed by atoms with Gasteiger partial charge in [0.25, 0.3) is 0 Å². The van der Waals surface area contributed by atoms with Crippen LogP contribution in [0.25, 0.3) is 0 Å². The molecule has 0 saturated carbocycles. The van der Waals surface area contributed by atoms with Crippen molar-refractivity contribution in [2.45, 2.75) is 94.4 Å². The van der Waals surface area contributed by atoms with E-state index >= 15 is 0 Å². The molecule has 0 atom stereocenters. The Hall–Kier alpha value is -1.11. The molecule has 1 amide bonds. The number of nitrogens with one attached hydrogen (secondary N) is 1. The third-order valence-corrected chi connectivity index (χ3v) is 5.35. The zero-order valence-corrected chi connectivity index (χ0v) is 25.2. The van der Waals surface area contributed by atoms with Gasteiger partial charge in [0, 0.05) is 24.6 Å². The quantitative estimate of drug-likeness (QED) is 0.0771. The van der Waals surface area contributed by atoms with E-state index in [0.717, 1.165) is 37.3 Å². The van der Waals surface area contributed by atoms with E-state index in [1.165, 1.54) is 30.6 Å². The Morgan fingerprint density at radius 3 is 1.76 bits per heavy atom. The highest BCUT2D eigenvalue weighted by Crippen LogP contribution is 2.20. The highest BCUT2D eigenvalue weighted by atomic mass is 33.1. The standard InChI is InChI=1S/C13H21N.C5H13NS2.C4H10.2C2H6.CH3NO/c1-12(2)8-5-6-10-14-11-7-9-13(3)4;1-2-4-7-8-5-3-6;1-3-4-2;2*1-2;2-1-3/h5-6,8,10,14H,1,3,7,9,11H2,2,4H3;2-6H2,1H3;3-4H2,1-2H3;2*1-2H3;1H,(H2,2,3)/b8-5-,10-6-;;;;;. The smallest absolute Gasteiger partial charge is 0.204 e. The Bertz CT molecular complexity index is 391. The molecule has 0 aromatic heterocycles. The van der Waals surface area contributed by atoms with Crippen molar-refractivity contribution in [3.8, 4) is 0 Å². The molecule has 0 unspecified atom stereocenters. The second-order valence-electron chi connectivity index (χ2n) is 6.15. The van der Waals surface area contributed by atoms with E-state index in [2.05, 4.69) is 51.9 Å². The van der Waals surface area contributed by atoms with Gasteiger partial charge in [0.1, 0.15) is 0 Å². The predicted octanol–water partition coefficient (Wildman–Crippen LogP) is 8.28. The third-order valence-electron chi connectivity index (χ3n) is 2.70. The average Bonchev–Trinajstić information content (AvgIpc) is 2.82. The van der Waals surface area contributed by atoms with E-state index in [9.17, 15) is 0 Å². The molecule has 0 aliphatic rings. The van der Waals surface area contributed by atoms with Crippen LogP contribution in [0.2, 0.25) is 0 Å². The van der Waals surface area contributed by atoms with Crippen molar-refractivity contribution < 1.29 is 4.79 Å². The Labute approximate surface area is 217 Å². The zero-order valence-electron chi connectivity index (χ0n) is 23.5. The summed E-state index contributed by atoms with van der Waals surface area (Å²) in [5.41, 5.74) is 11.8. The normalized spacial score (nSPS) is 8.67. The number of rotatable bonds is 13. The van der Waals surface area contributed by atoms with Crippen molar-refractivity contribution in [2.75, 3.05) is 24.6 Å². The second-order valence-corrected chi connectivity index (χ2v) is 8.85. The van der Waals surface area contributed by atoms with E-state index < -0.39 is 0 Å². The maximum atomic E-state index is 8.58. The van der Waals surface area contributed by atoms with Gasteiger partial charge in [0.15, 0.2) is 0 Å². The summed E-state index contributed by atoms with van der Waals surface area (Å²) in [5, 5.41) is 3.21. The molecule has 0 aromatic carbocycles. The number of hydrogen-bond acceptors (Lipinski definition) is 5. The molecule has 0 radical (unpaired) electrons. The van der Waals surface area contributed by atoms with Gasteiger partial charge in [-0.25, -0.2) is 0 Å². The van der Waals surface area contributed by atoms with Crippen LogP contribution < -0.4 is 16.8 Å². The molecule has 0 bridgehead atoms. The molecule has 0 saturated heterocycles. The van der Waals surface area contributed by atoms with Gasteiger partial charge in [-0.3, -0.25) is 4.79 Å². The highest BCUT2D eigenvalue weighted by Gasteiger charge is 1.85. The van der Waals surface area contributed by atoms with Gasteiger partial charge in [-0.2, -0.15) is 0 Å². The predicted molar refractivity (Wildman–Crippen MR) is 163 cm³/mol. The van der Waals surface area contributed by atoms with Gasteiger partial charge in [-0.05, 0) is 45.4 Å². The number of nitrogens with two attached hydrogens (primary N) is 2.